The van der Waals surface area contributed by atoms with Crippen LogP contribution in [0, 0.1) is 0 Å². The van der Waals surface area contributed by atoms with Crippen LogP contribution >= 0.6 is 0 Å². The van der Waals surface area contributed by atoms with Crippen molar-refractivity contribution in [1.82, 2.24) is 9.97 Å². The number of aliphatic carboxylic acids is 1. The zero-order valence-corrected chi connectivity index (χ0v) is 9.08. The Morgan fingerprint density at radius 3 is 2.72 bits per heavy atom. The smallest absolute Gasteiger partial charge is 0.433 e. The summed E-state index contributed by atoms with van der Waals surface area (Å²) in [6, 6.07) is 3.61. The largest absolute Gasteiger partial charge is 0.481 e. The number of nitrogens with one attached hydrogen (secondary N) is 1. The van der Waals surface area contributed by atoms with Crippen molar-refractivity contribution < 1.29 is 23.1 Å². The van der Waals surface area contributed by atoms with Crippen molar-refractivity contribution in [3.63, 3.8) is 0 Å². The van der Waals surface area contributed by atoms with E-state index in [1.165, 1.54) is 12.1 Å². The monoisotopic (exact) mass is 258 g/mol. The lowest BCUT2D eigenvalue weighted by Crippen LogP contribution is -2.07. The molecule has 96 valence electrons. The lowest BCUT2D eigenvalue weighted by atomic mass is 10.2. The fourth-order valence-electron chi connectivity index (χ4n) is 1.60. The van der Waals surface area contributed by atoms with Crippen LogP contribution in [-0.4, -0.2) is 21.0 Å². The molecule has 0 aromatic carbocycles. The van der Waals surface area contributed by atoms with Crippen molar-refractivity contribution in [3.05, 3.63) is 29.6 Å². The van der Waals surface area contributed by atoms with E-state index in [0.29, 0.717) is 11.2 Å². The van der Waals surface area contributed by atoms with Crippen molar-refractivity contribution >= 4 is 17.0 Å². The lowest BCUT2D eigenvalue weighted by molar-refractivity contribution is -0.141. The van der Waals surface area contributed by atoms with Gasteiger partial charge in [-0.1, -0.05) is 0 Å². The summed E-state index contributed by atoms with van der Waals surface area (Å²) in [6.45, 7) is 0. The van der Waals surface area contributed by atoms with Gasteiger partial charge in [0.15, 0.2) is 0 Å². The molecular formula is C11H9F3N2O2. The number of halogens is 3. The molecule has 2 N–H and O–H groups in total. The van der Waals surface area contributed by atoms with Crippen LogP contribution in [0.4, 0.5) is 13.2 Å². The first-order chi connectivity index (χ1) is 8.36. The van der Waals surface area contributed by atoms with Crippen LogP contribution in [-0.2, 0) is 17.4 Å². The van der Waals surface area contributed by atoms with E-state index in [1.54, 1.807) is 0 Å². The minimum absolute atomic E-state index is 0.0844. The molecule has 2 aromatic rings. The number of hydrogen-bond donors (Lipinski definition) is 2. The molecule has 0 aliphatic heterocycles. The normalized spacial score (nSPS) is 11.9. The van der Waals surface area contributed by atoms with E-state index in [1.807, 2.05) is 0 Å². The molecule has 0 saturated carbocycles. The molecular weight excluding hydrogens is 249 g/mol. The first kappa shape index (κ1) is 12.4. The number of alkyl halides is 3. The van der Waals surface area contributed by atoms with Gasteiger partial charge in [0, 0.05) is 5.69 Å². The van der Waals surface area contributed by atoms with Crippen LogP contribution in [0.3, 0.4) is 0 Å². The summed E-state index contributed by atoms with van der Waals surface area (Å²) in [4.78, 5) is 16.7. The first-order valence-electron chi connectivity index (χ1n) is 5.14. The van der Waals surface area contributed by atoms with Crippen LogP contribution < -0.4 is 0 Å². The van der Waals surface area contributed by atoms with E-state index in [2.05, 4.69) is 9.97 Å². The summed E-state index contributed by atoms with van der Waals surface area (Å²) in [5, 5.41) is 8.52. The van der Waals surface area contributed by atoms with Crippen molar-refractivity contribution in [1.29, 1.82) is 0 Å². The van der Waals surface area contributed by atoms with Crippen LogP contribution in [0.1, 0.15) is 17.8 Å². The maximum absolute atomic E-state index is 12.4. The molecule has 2 heterocycles. The summed E-state index contributed by atoms with van der Waals surface area (Å²) >= 11 is 0. The third kappa shape index (κ3) is 2.61. The molecule has 0 radical (unpaired) electrons. The average molecular weight is 258 g/mol. The third-order valence-corrected chi connectivity index (χ3v) is 2.43. The number of hydrogen-bond acceptors (Lipinski definition) is 2. The molecule has 0 aliphatic rings. The summed E-state index contributed by atoms with van der Waals surface area (Å²) in [7, 11) is 0. The first-order valence-corrected chi connectivity index (χ1v) is 5.14. The molecule has 0 bridgehead atoms. The number of H-pyrrole nitrogens is 1. The Labute approximate surface area is 99.5 Å². The number of aromatic amines is 1. The van der Waals surface area contributed by atoms with Crippen LogP contribution in [0.25, 0.3) is 11.0 Å². The minimum atomic E-state index is -4.48. The molecule has 0 atom stereocenters. The van der Waals surface area contributed by atoms with Crippen molar-refractivity contribution in [3.8, 4) is 0 Å². The fourth-order valence-corrected chi connectivity index (χ4v) is 1.60. The molecule has 0 aliphatic carbocycles. The van der Waals surface area contributed by atoms with Gasteiger partial charge in [-0.25, -0.2) is 4.98 Å². The number of carboxylic acids is 1. The second kappa shape index (κ2) is 4.32. The predicted molar refractivity (Wildman–Crippen MR) is 57.1 cm³/mol. The fraction of sp³-hybridized carbons (Fsp3) is 0.273. The van der Waals surface area contributed by atoms with Gasteiger partial charge in [0.1, 0.15) is 5.69 Å². The highest BCUT2D eigenvalue weighted by Crippen LogP contribution is 2.29. The van der Waals surface area contributed by atoms with E-state index in [0.717, 1.165) is 6.07 Å². The minimum Gasteiger partial charge on any atom is -0.481 e. The topological polar surface area (TPSA) is 66.0 Å². The van der Waals surface area contributed by atoms with Gasteiger partial charge < -0.3 is 10.1 Å². The summed E-state index contributed by atoms with van der Waals surface area (Å²) in [5.74, 6) is -0.961. The van der Waals surface area contributed by atoms with E-state index in [9.17, 15) is 18.0 Å². The average Bonchev–Trinajstić information content (AvgIpc) is 2.66. The maximum Gasteiger partial charge on any atom is 0.433 e. The number of rotatable bonds is 3. The lowest BCUT2D eigenvalue weighted by Gasteiger charge is -2.04. The van der Waals surface area contributed by atoms with Gasteiger partial charge >= 0.3 is 12.1 Å². The SMILES string of the molecule is O=C(O)CCc1cc2nc(C(F)(F)F)ccc2[nH]1. The highest BCUT2D eigenvalue weighted by Gasteiger charge is 2.32. The second-order valence-corrected chi connectivity index (χ2v) is 3.82. The van der Waals surface area contributed by atoms with Crippen molar-refractivity contribution in [2.45, 2.75) is 19.0 Å². The highest BCUT2D eigenvalue weighted by atomic mass is 19.4. The maximum atomic E-state index is 12.4. The Morgan fingerprint density at radius 1 is 1.39 bits per heavy atom. The van der Waals surface area contributed by atoms with Crippen LogP contribution in [0.5, 0.6) is 0 Å². The molecule has 0 saturated heterocycles. The number of aromatic nitrogens is 2. The third-order valence-electron chi connectivity index (χ3n) is 2.43. The Balaban J connectivity index is 2.31. The van der Waals surface area contributed by atoms with Gasteiger partial charge in [-0.15, -0.1) is 0 Å². The van der Waals surface area contributed by atoms with Gasteiger partial charge in [0.05, 0.1) is 17.5 Å². The van der Waals surface area contributed by atoms with E-state index < -0.39 is 17.8 Å². The molecule has 0 amide bonds. The van der Waals surface area contributed by atoms with Gasteiger partial charge in [-0.2, -0.15) is 13.2 Å². The van der Waals surface area contributed by atoms with E-state index in [4.69, 9.17) is 5.11 Å². The molecule has 2 aromatic heterocycles. The summed E-state index contributed by atoms with van der Waals surface area (Å²) in [5.41, 5.74) is 0.242. The predicted octanol–water partition coefficient (Wildman–Crippen LogP) is 2.60. The number of pyridine rings is 1. The van der Waals surface area contributed by atoms with Gasteiger partial charge in [-0.05, 0) is 24.6 Å². The Kier molecular flexibility index (Phi) is 2.98. The van der Waals surface area contributed by atoms with Crippen molar-refractivity contribution in [2.24, 2.45) is 0 Å². The number of fused-ring (bicyclic) bond motifs is 1. The Hall–Kier alpha value is -2.05. The highest BCUT2D eigenvalue weighted by molar-refractivity contribution is 5.76. The van der Waals surface area contributed by atoms with E-state index >= 15 is 0 Å². The van der Waals surface area contributed by atoms with Crippen molar-refractivity contribution in [2.75, 3.05) is 0 Å². The standard InChI is InChI=1S/C11H9F3N2O2/c12-11(13,14)9-3-2-7-8(16-9)5-6(15-7)1-4-10(17)18/h2-3,5,15H,1,4H2,(H,17,18). The molecule has 18 heavy (non-hydrogen) atoms. The summed E-state index contributed by atoms with van der Waals surface area (Å²) in [6.07, 6.45) is -4.33. The van der Waals surface area contributed by atoms with Crippen LogP contribution in [0.15, 0.2) is 18.2 Å². The second-order valence-electron chi connectivity index (χ2n) is 3.82. The van der Waals surface area contributed by atoms with Gasteiger partial charge in [0.25, 0.3) is 0 Å². The molecule has 0 fully saturated rings. The zero-order chi connectivity index (χ0) is 13.3. The molecule has 2 rings (SSSR count). The summed E-state index contributed by atoms with van der Waals surface area (Å²) < 4.78 is 37.3. The number of carbonyl (C=O) groups is 1. The molecule has 0 spiro atoms. The number of aryl methyl sites for hydroxylation is 1. The molecule has 7 heteroatoms. The van der Waals surface area contributed by atoms with Gasteiger partial charge in [-0.3, -0.25) is 4.79 Å². The van der Waals surface area contributed by atoms with E-state index in [-0.39, 0.29) is 18.4 Å². The number of carboxylic acid groups (broad SMARTS) is 1. The molecule has 0 unspecified atom stereocenters. The number of nitrogens with zero attached hydrogens (tertiary/aromatic N) is 1. The van der Waals surface area contributed by atoms with Gasteiger partial charge in [0.2, 0.25) is 0 Å². The quantitative estimate of drug-likeness (QED) is 0.889. The van der Waals surface area contributed by atoms with Crippen LogP contribution in [0.2, 0.25) is 0 Å². The Morgan fingerprint density at radius 2 is 2.11 bits per heavy atom. The zero-order valence-electron chi connectivity index (χ0n) is 9.08. The molecule has 4 nitrogen and oxygen atoms in total. The Bertz CT molecular complexity index is 589.